The number of methoxy groups -OCH3 is 2. The number of hydrogen-bond acceptors (Lipinski definition) is 5. The van der Waals surface area contributed by atoms with Crippen LogP contribution in [0, 0.1) is 11.8 Å². The normalized spacial score (nSPS) is 20.3. The quantitative estimate of drug-likeness (QED) is 0.664. The molecule has 1 heterocycles. The SMILES string of the molecule is CCC(C)C(NC(=O)c1ccc(OC)cc1OC)C(=O)N1CCN(C(=O)C2CC2)C(C)C1. The lowest BCUT2D eigenvalue weighted by molar-refractivity contribution is -0.144. The van der Waals surface area contributed by atoms with Crippen LogP contribution in [0.25, 0.3) is 0 Å². The second-order valence-corrected chi connectivity index (χ2v) is 8.84. The highest BCUT2D eigenvalue weighted by Crippen LogP contribution is 2.32. The van der Waals surface area contributed by atoms with Crippen molar-refractivity contribution in [3.63, 3.8) is 0 Å². The molecule has 3 rings (SSSR count). The Balaban J connectivity index is 1.72. The Morgan fingerprint density at radius 1 is 1.16 bits per heavy atom. The van der Waals surface area contributed by atoms with Crippen LogP contribution in [-0.4, -0.2) is 73.5 Å². The highest BCUT2D eigenvalue weighted by Gasteiger charge is 2.39. The summed E-state index contributed by atoms with van der Waals surface area (Å²) in [7, 11) is 3.04. The number of rotatable bonds is 8. The van der Waals surface area contributed by atoms with E-state index in [1.807, 2.05) is 25.7 Å². The van der Waals surface area contributed by atoms with Crippen LogP contribution in [0.5, 0.6) is 11.5 Å². The van der Waals surface area contributed by atoms with Crippen LogP contribution in [0.1, 0.15) is 50.4 Å². The van der Waals surface area contributed by atoms with Gasteiger partial charge in [0.1, 0.15) is 17.5 Å². The lowest BCUT2D eigenvalue weighted by Gasteiger charge is -2.41. The summed E-state index contributed by atoms with van der Waals surface area (Å²) in [5, 5.41) is 2.94. The van der Waals surface area contributed by atoms with Crippen molar-refractivity contribution in [3.8, 4) is 11.5 Å². The molecule has 1 aliphatic carbocycles. The van der Waals surface area contributed by atoms with Gasteiger partial charge in [-0.1, -0.05) is 20.3 Å². The van der Waals surface area contributed by atoms with Gasteiger partial charge in [0.25, 0.3) is 5.91 Å². The second-order valence-electron chi connectivity index (χ2n) is 8.84. The van der Waals surface area contributed by atoms with Crippen LogP contribution in [0.3, 0.4) is 0 Å². The van der Waals surface area contributed by atoms with Crippen molar-refractivity contribution < 1.29 is 23.9 Å². The van der Waals surface area contributed by atoms with E-state index in [4.69, 9.17) is 9.47 Å². The first-order valence-corrected chi connectivity index (χ1v) is 11.4. The summed E-state index contributed by atoms with van der Waals surface area (Å²) >= 11 is 0. The Morgan fingerprint density at radius 2 is 1.88 bits per heavy atom. The molecule has 8 nitrogen and oxygen atoms in total. The first-order chi connectivity index (χ1) is 15.3. The number of nitrogens with zero attached hydrogens (tertiary/aromatic N) is 2. The average molecular weight is 446 g/mol. The van der Waals surface area contributed by atoms with Gasteiger partial charge in [0.05, 0.1) is 19.8 Å². The van der Waals surface area contributed by atoms with Crippen molar-refractivity contribution in [2.75, 3.05) is 33.9 Å². The molecule has 1 aliphatic heterocycles. The number of carbonyl (C=O) groups is 3. The van der Waals surface area contributed by atoms with Crippen LogP contribution >= 0.6 is 0 Å². The fourth-order valence-corrected chi connectivity index (χ4v) is 4.13. The van der Waals surface area contributed by atoms with E-state index >= 15 is 0 Å². The molecule has 176 valence electrons. The number of benzene rings is 1. The maximum absolute atomic E-state index is 13.4. The molecule has 1 saturated carbocycles. The summed E-state index contributed by atoms with van der Waals surface area (Å²) in [4.78, 5) is 42.7. The molecule has 32 heavy (non-hydrogen) atoms. The maximum atomic E-state index is 13.4. The Bertz CT molecular complexity index is 854. The lowest BCUT2D eigenvalue weighted by Crippen LogP contribution is -2.60. The van der Waals surface area contributed by atoms with Gasteiger partial charge in [0.15, 0.2) is 0 Å². The summed E-state index contributed by atoms with van der Waals surface area (Å²) in [6.07, 6.45) is 2.69. The Morgan fingerprint density at radius 3 is 2.44 bits per heavy atom. The van der Waals surface area contributed by atoms with Crippen LogP contribution < -0.4 is 14.8 Å². The van der Waals surface area contributed by atoms with Gasteiger partial charge in [0.2, 0.25) is 11.8 Å². The third-order valence-electron chi connectivity index (χ3n) is 6.57. The van der Waals surface area contributed by atoms with Crippen molar-refractivity contribution in [2.24, 2.45) is 11.8 Å². The van der Waals surface area contributed by atoms with E-state index in [-0.39, 0.29) is 35.6 Å². The molecule has 0 radical (unpaired) electrons. The fourth-order valence-electron chi connectivity index (χ4n) is 4.13. The molecule has 0 bridgehead atoms. The van der Waals surface area contributed by atoms with Crippen LogP contribution in [0.15, 0.2) is 18.2 Å². The van der Waals surface area contributed by atoms with Crippen molar-refractivity contribution in [1.29, 1.82) is 0 Å². The maximum Gasteiger partial charge on any atom is 0.255 e. The predicted octanol–water partition coefficient (Wildman–Crippen LogP) is 2.32. The first kappa shape index (κ1) is 23.9. The molecule has 1 N–H and O–H groups in total. The molecule has 2 fully saturated rings. The van der Waals surface area contributed by atoms with E-state index in [1.54, 1.807) is 30.2 Å². The Kier molecular flexibility index (Phi) is 7.64. The van der Waals surface area contributed by atoms with Gasteiger partial charge in [-0.15, -0.1) is 0 Å². The summed E-state index contributed by atoms with van der Waals surface area (Å²) < 4.78 is 10.6. The number of piperazine rings is 1. The van der Waals surface area contributed by atoms with Gasteiger partial charge in [-0.3, -0.25) is 14.4 Å². The number of hydrogen-bond donors (Lipinski definition) is 1. The van der Waals surface area contributed by atoms with Gasteiger partial charge >= 0.3 is 0 Å². The van der Waals surface area contributed by atoms with E-state index < -0.39 is 6.04 Å². The molecule has 0 spiro atoms. The standard InChI is InChI=1S/C24H35N3O5/c1-6-15(2)21(25-22(28)19-10-9-18(31-4)13-20(19)32-5)24(30)26-11-12-27(16(3)14-26)23(29)17-7-8-17/h9-10,13,15-17,21H,6-8,11-12,14H2,1-5H3,(H,25,28). The summed E-state index contributed by atoms with van der Waals surface area (Å²) in [5.74, 6) is 0.842. The third-order valence-corrected chi connectivity index (χ3v) is 6.57. The molecule has 3 unspecified atom stereocenters. The lowest BCUT2D eigenvalue weighted by atomic mass is 9.96. The van der Waals surface area contributed by atoms with Crippen molar-refractivity contribution in [1.82, 2.24) is 15.1 Å². The topological polar surface area (TPSA) is 88.2 Å². The van der Waals surface area contributed by atoms with E-state index in [0.717, 1.165) is 19.3 Å². The predicted molar refractivity (Wildman–Crippen MR) is 121 cm³/mol. The minimum atomic E-state index is -0.655. The average Bonchev–Trinajstić information content (AvgIpc) is 3.66. The zero-order valence-electron chi connectivity index (χ0n) is 19.7. The van der Waals surface area contributed by atoms with Gasteiger partial charge in [-0.25, -0.2) is 0 Å². The van der Waals surface area contributed by atoms with E-state index in [2.05, 4.69) is 5.32 Å². The molecular formula is C24H35N3O5. The molecule has 1 aromatic rings. The van der Waals surface area contributed by atoms with Crippen molar-refractivity contribution >= 4 is 17.7 Å². The zero-order chi connectivity index (χ0) is 23.4. The van der Waals surface area contributed by atoms with E-state index in [9.17, 15) is 14.4 Å². The van der Waals surface area contributed by atoms with E-state index in [1.165, 1.54) is 7.11 Å². The minimum absolute atomic E-state index is 0.0317. The van der Waals surface area contributed by atoms with Gasteiger partial charge in [0, 0.05) is 37.7 Å². The highest BCUT2D eigenvalue weighted by atomic mass is 16.5. The van der Waals surface area contributed by atoms with Gasteiger partial charge in [-0.05, 0) is 37.8 Å². The van der Waals surface area contributed by atoms with E-state index in [0.29, 0.717) is 36.7 Å². The third kappa shape index (κ3) is 5.16. The summed E-state index contributed by atoms with van der Waals surface area (Å²) in [6.45, 7) is 7.45. The first-order valence-electron chi connectivity index (χ1n) is 11.4. The fraction of sp³-hybridized carbons (Fsp3) is 0.625. The molecular weight excluding hydrogens is 410 g/mol. The van der Waals surface area contributed by atoms with Crippen LogP contribution in [0.2, 0.25) is 0 Å². The smallest absolute Gasteiger partial charge is 0.255 e. The Hall–Kier alpha value is -2.77. The molecule has 2 aliphatic rings. The second kappa shape index (κ2) is 10.2. The Labute approximate surface area is 190 Å². The number of ether oxygens (including phenoxy) is 2. The summed E-state index contributed by atoms with van der Waals surface area (Å²) in [6, 6.07) is 4.28. The highest BCUT2D eigenvalue weighted by molar-refractivity contribution is 6.00. The largest absolute Gasteiger partial charge is 0.497 e. The monoisotopic (exact) mass is 445 g/mol. The summed E-state index contributed by atoms with van der Waals surface area (Å²) in [5.41, 5.74) is 0.350. The number of carbonyl (C=O) groups excluding carboxylic acids is 3. The zero-order valence-corrected chi connectivity index (χ0v) is 19.7. The molecule has 1 saturated heterocycles. The number of nitrogens with one attached hydrogen (secondary N) is 1. The molecule has 0 aromatic heterocycles. The van der Waals surface area contributed by atoms with Crippen LogP contribution in [-0.2, 0) is 9.59 Å². The van der Waals surface area contributed by atoms with Crippen LogP contribution in [0.4, 0.5) is 0 Å². The van der Waals surface area contributed by atoms with Crippen molar-refractivity contribution in [3.05, 3.63) is 23.8 Å². The minimum Gasteiger partial charge on any atom is -0.497 e. The van der Waals surface area contributed by atoms with Gasteiger partial charge in [-0.2, -0.15) is 0 Å². The molecule has 8 heteroatoms. The number of amides is 3. The molecule has 3 amide bonds. The van der Waals surface area contributed by atoms with Crippen molar-refractivity contribution in [2.45, 2.75) is 52.1 Å². The van der Waals surface area contributed by atoms with Gasteiger partial charge < -0.3 is 24.6 Å². The molecule has 3 atom stereocenters. The molecule has 1 aromatic carbocycles.